The molecule has 0 spiro atoms. The molecule has 0 amide bonds. The smallest absolute Gasteiger partial charge is 0.177 e. The van der Waals surface area contributed by atoms with Crippen LogP contribution in [-0.2, 0) is 9.84 Å². The molecule has 2 bridgehead atoms. The van der Waals surface area contributed by atoms with E-state index in [9.17, 15) is 13.5 Å². The summed E-state index contributed by atoms with van der Waals surface area (Å²) in [5.74, 6) is 1.26. The van der Waals surface area contributed by atoms with Gasteiger partial charge in [0.05, 0.1) is 4.90 Å². The van der Waals surface area contributed by atoms with Crippen LogP contribution >= 0.6 is 0 Å². The third-order valence-electron chi connectivity index (χ3n) is 4.50. The lowest BCUT2D eigenvalue weighted by molar-refractivity contribution is 0.185. The first-order valence-corrected chi connectivity index (χ1v) is 8.93. The summed E-state index contributed by atoms with van der Waals surface area (Å²) in [6.07, 6.45) is 6.92. The molecule has 0 aliphatic carbocycles. The van der Waals surface area contributed by atoms with Crippen molar-refractivity contribution in [3.63, 3.8) is 0 Å². The van der Waals surface area contributed by atoms with Crippen LogP contribution in [0, 0.1) is 5.92 Å². The fourth-order valence-corrected chi connectivity index (χ4v) is 4.12. The summed E-state index contributed by atoms with van der Waals surface area (Å²) in [7, 11) is -3.19. The Kier molecular flexibility index (Phi) is 3.46. The van der Waals surface area contributed by atoms with Gasteiger partial charge in [0.15, 0.2) is 9.84 Å². The monoisotopic (exact) mass is 296 g/mol. The molecule has 20 heavy (non-hydrogen) atoms. The number of pyridine rings is 1. The van der Waals surface area contributed by atoms with Gasteiger partial charge in [0, 0.05) is 31.1 Å². The number of nitrogens with zero attached hydrogens (tertiary/aromatic N) is 2. The molecule has 3 atom stereocenters. The predicted octanol–water partition coefficient (Wildman–Crippen LogP) is 1.22. The molecule has 2 fully saturated rings. The Bertz CT molecular complexity index is 571. The van der Waals surface area contributed by atoms with Crippen molar-refractivity contribution >= 4 is 15.7 Å². The number of hydrogen-bond donors (Lipinski definition) is 1. The zero-order valence-electron chi connectivity index (χ0n) is 11.6. The van der Waals surface area contributed by atoms with Crippen molar-refractivity contribution in [3.8, 4) is 0 Å². The van der Waals surface area contributed by atoms with Crippen LogP contribution in [0.5, 0.6) is 0 Å². The van der Waals surface area contributed by atoms with E-state index in [-0.39, 0.29) is 11.5 Å². The molecule has 1 aromatic rings. The molecule has 1 N–H and O–H groups in total. The molecule has 0 radical (unpaired) electrons. The van der Waals surface area contributed by atoms with Crippen LogP contribution in [0.1, 0.15) is 25.7 Å². The fraction of sp³-hybridized carbons (Fsp3) is 0.643. The van der Waals surface area contributed by atoms with E-state index in [0.717, 1.165) is 31.5 Å². The zero-order valence-corrected chi connectivity index (χ0v) is 12.4. The predicted molar refractivity (Wildman–Crippen MR) is 76.4 cm³/mol. The molecular formula is C14H20N2O3S. The summed E-state index contributed by atoms with van der Waals surface area (Å²) in [5, 5.41) is 9.34. The summed E-state index contributed by atoms with van der Waals surface area (Å²) >= 11 is 0. The van der Waals surface area contributed by atoms with Gasteiger partial charge in [-0.15, -0.1) is 0 Å². The lowest BCUT2D eigenvalue weighted by Gasteiger charge is -2.39. The second kappa shape index (κ2) is 5.00. The summed E-state index contributed by atoms with van der Waals surface area (Å²) < 4.78 is 22.9. The molecule has 2 aliphatic heterocycles. The van der Waals surface area contributed by atoms with E-state index in [4.69, 9.17) is 0 Å². The number of rotatable bonds is 3. The number of piperidine rings is 1. The molecule has 3 rings (SSSR count). The number of anilines is 1. The van der Waals surface area contributed by atoms with Gasteiger partial charge in [-0.05, 0) is 43.7 Å². The highest BCUT2D eigenvalue weighted by molar-refractivity contribution is 7.90. The van der Waals surface area contributed by atoms with Crippen LogP contribution in [0.2, 0.25) is 0 Å². The molecule has 1 unspecified atom stereocenters. The second-order valence-electron chi connectivity index (χ2n) is 5.94. The summed E-state index contributed by atoms with van der Waals surface area (Å²) in [5.41, 5.74) is 0. The highest BCUT2D eigenvalue weighted by Gasteiger charge is 2.41. The Labute approximate surface area is 119 Å². The van der Waals surface area contributed by atoms with Crippen molar-refractivity contribution in [2.24, 2.45) is 5.92 Å². The first-order chi connectivity index (χ1) is 9.49. The summed E-state index contributed by atoms with van der Waals surface area (Å²) in [6.45, 7) is 0.265. The lowest BCUT2D eigenvalue weighted by atomic mass is 9.91. The Morgan fingerprint density at radius 2 is 1.95 bits per heavy atom. The first kappa shape index (κ1) is 13.8. The lowest BCUT2D eigenvalue weighted by Crippen LogP contribution is -2.44. The molecular weight excluding hydrogens is 276 g/mol. The van der Waals surface area contributed by atoms with Crippen molar-refractivity contribution in [3.05, 3.63) is 18.3 Å². The molecule has 110 valence electrons. The van der Waals surface area contributed by atoms with E-state index in [1.807, 2.05) is 0 Å². The maximum Gasteiger partial charge on any atom is 0.177 e. The van der Waals surface area contributed by atoms with Gasteiger partial charge in [-0.2, -0.15) is 0 Å². The molecule has 1 aromatic heterocycles. The average molecular weight is 296 g/mol. The molecule has 0 saturated carbocycles. The van der Waals surface area contributed by atoms with Crippen molar-refractivity contribution in [2.75, 3.05) is 17.8 Å². The van der Waals surface area contributed by atoms with Crippen LogP contribution in [0.25, 0.3) is 0 Å². The van der Waals surface area contributed by atoms with Crippen LogP contribution in [-0.4, -0.2) is 43.5 Å². The maximum atomic E-state index is 11.5. The van der Waals surface area contributed by atoms with Gasteiger partial charge in [-0.1, -0.05) is 0 Å². The van der Waals surface area contributed by atoms with Crippen LogP contribution in [0.15, 0.2) is 23.2 Å². The molecule has 5 nitrogen and oxygen atoms in total. The number of aromatic nitrogens is 1. The van der Waals surface area contributed by atoms with Gasteiger partial charge in [-0.3, -0.25) is 0 Å². The Morgan fingerprint density at radius 3 is 2.40 bits per heavy atom. The average Bonchev–Trinajstić information content (AvgIpc) is 2.68. The van der Waals surface area contributed by atoms with E-state index in [1.54, 1.807) is 12.1 Å². The molecule has 2 aliphatic rings. The van der Waals surface area contributed by atoms with Crippen molar-refractivity contribution in [1.82, 2.24) is 4.98 Å². The van der Waals surface area contributed by atoms with Gasteiger partial charge in [-0.25, -0.2) is 13.4 Å². The van der Waals surface area contributed by atoms with Gasteiger partial charge < -0.3 is 10.0 Å². The van der Waals surface area contributed by atoms with Crippen LogP contribution in [0.4, 0.5) is 5.82 Å². The summed E-state index contributed by atoms with van der Waals surface area (Å²) in [6, 6.07) is 4.31. The van der Waals surface area contributed by atoms with E-state index < -0.39 is 9.84 Å². The standard InChI is InChI=1S/C14H20N2O3S/c1-20(18,19)13-4-5-14(15-8-13)16-11-2-3-12(16)7-10(6-11)9-17/h4-5,8,10-12,17H,2-3,6-7,9H2,1H3/t10?,11-,12+. The Hall–Kier alpha value is -1.14. The number of hydrogen-bond acceptors (Lipinski definition) is 5. The molecule has 0 aromatic carbocycles. The van der Waals surface area contributed by atoms with Crippen LogP contribution < -0.4 is 4.90 Å². The maximum absolute atomic E-state index is 11.5. The summed E-state index contributed by atoms with van der Waals surface area (Å²) in [4.78, 5) is 6.93. The van der Waals surface area contributed by atoms with Crippen molar-refractivity contribution in [2.45, 2.75) is 42.7 Å². The van der Waals surface area contributed by atoms with Crippen LogP contribution in [0.3, 0.4) is 0 Å². The quantitative estimate of drug-likeness (QED) is 0.908. The Morgan fingerprint density at radius 1 is 1.30 bits per heavy atom. The van der Waals surface area contributed by atoms with E-state index in [0.29, 0.717) is 18.0 Å². The number of sulfone groups is 1. The fourth-order valence-electron chi connectivity index (χ4n) is 3.56. The minimum absolute atomic E-state index is 0.263. The minimum Gasteiger partial charge on any atom is -0.396 e. The van der Waals surface area contributed by atoms with E-state index >= 15 is 0 Å². The van der Waals surface area contributed by atoms with Crippen molar-refractivity contribution in [1.29, 1.82) is 0 Å². The largest absolute Gasteiger partial charge is 0.396 e. The van der Waals surface area contributed by atoms with Crippen molar-refractivity contribution < 1.29 is 13.5 Å². The molecule has 2 saturated heterocycles. The highest BCUT2D eigenvalue weighted by Crippen LogP contribution is 2.40. The Balaban J connectivity index is 1.84. The number of aliphatic hydroxyl groups is 1. The normalized spacial score (nSPS) is 29.7. The number of fused-ring (bicyclic) bond motifs is 2. The molecule has 3 heterocycles. The van der Waals surface area contributed by atoms with Gasteiger partial charge in [0.25, 0.3) is 0 Å². The third-order valence-corrected chi connectivity index (χ3v) is 5.60. The third kappa shape index (κ3) is 2.42. The van der Waals surface area contributed by atoms with Gasteiger partial charge in [0.1, 0.15) is 5.82 Å². The first-order valence-electron chi connectivity index (χ1n) is 7.04. The van der Waals surface area contributed by atoms with Gasteiger partial charge in [0.2, 0.25) is 0 Å². The topological polar surface area (TPSA) is 70.5 Å². The van der Waals surface area contributed by atoms with Gasteiger partial charge >= 0.3 is 0 Å². The number of aliphatic hydroxyl groups excluding tert-OH is 1. The SMILES string of the molecule is CS(=O)(=O)c1ccc(N2[C@@H]3CC[C@H]2CC(CO)C3)nc1. The van der Waals surface area contributed by atoms with E-state index in [2.05, 4.69) is 9.88 Å². The second-order valence-corrected chi connectivity index (χ2v) is 7.95. The highest BCUT2D eigenvalue weighted by atomic mass is 32.2. The zero-order chi connectivity index (χ0) is 14.3. The van der Waals surface area contributed by atoms with E-state index in [1.165, 1.54) is 12.5 Å². The molecule has 6 heteroatoms. The minimum atomic E-state index is -3.19.